The average molecular weight is 288 g/mol. The van der Waals surface area contributed by atoms with Crippen molar-refractivity contribution in [2.75, 3.05) is 17.4 Å². The van der Waals surface area contributed by atoms with Crippen LogP contribution in [0.2, 0.25) is 0 Å². The molecule has 1 aromatic heterocycles. The van der Waals surface area contributed by atoms with Crippen LogP contribution in [0.15, 0.2) is 24.5 Å². The number of benzene rings is 1. The molecule has 0 aliphatic carbocycles. The van der Waals surface area contributed by atoms with Crippen LogP contribution in [0.3, 0.4) is 0 Å². The molecule has 1 aromatic carbocycles. The lowest BCUT2D eigenvalue weighted by molar-refractivity contribution is -0.383. The number of nitrogens with two attached hydrogens (primary N) is 1. The van der Waals surface area contributed by atoms with E-state index >= 15 is 0 Å². The highest BCUT2D eigenvalue weighted by atomic mass is 16.6. The number of nitrogens with one attached hydrogen (secondary N) is 1. The molecule has 0 atom stereocenters. The van der Waals surface area contributed by atoms with E-state index in [0.29, 0.717) is 0 Å². The van der Waals surface area contributed by atoms with Crippen molar-refractivity contribution in [3.8, 4) is 0 Å². The minimum absolute atomic E-state index is 0.0263. The van der Waals surface area contributed by atoms with E-state index in [0.717, 1.165) is 16.8 Å². The highest BCUT2D eigenvalue weighted by Crippen LogP contribution is 2.35. The van der Waals surface area contributed by atoms with Crippen LogP contribution < -0.4 is 16.2 Å². The Bertz CT molecular complexity index is 688. The molecule has 0 saturated heterocycles. The molecule has 3 N–H and O–H groups in total. The number of nitrogen functional groups attached to an aromatic ring is 1. The average Bonchev–Trinajstić information content (AvgIpc) is 2.45. The second kappa shape index (κ2) is 5.71. The maximum atomic E-state index is 11.3. The van der Waals surface area contributed by atoms with E-state index in [9.17, 15) is 10.1 Å². The van der Waals surface area contributed by atoms with Crippen molar-refractivity contribution in [3.05, 3.63) is 45.8 Å². The number of anilines is 3. The molecule has 0 amide bonds. The molecule has 110 valence electrons. The van der Waals surface area contributed by atoms with Crippen LogP contribution >= 0.6 is 0 Å². The number of hydrazine groups is 1. The molecule has 0 saturated carbocycles. The maximum absolute atomic E-state index is 11.3. The molecular formula is C13H16N6O2. The van der Waals surface area contributed by atoms with Crippen LogP contribution in [0.1, 0.15) is 11.1 Å². The molecule has 0 fully saturated rings. The second-order valence-corrected chi connectivity index (χ2v) is 4.64. The van der Waals surface area contributed by atoms with Gasteiger partial charge in [-0.1, -0.05) is 17.7 Å². The van der Waals surface area contributed by atoms with Gasteiger partial charge in [-0.3, -0.25) is 10.1 Å². The van der Waals surface area contributed by atoms with Crippen molar-refractivity contribution < 1.29 is 4.92 Å². The van der Waals surface area contributed by atoms with Gasteiger partial charge in [0.25, 0.3) is 0 Å². The summed E-state index contributed by atoms with van der Waals surface area (Å²) in [6.07, 6.45) is 1.23. The van der Waals surface area contributed by atoms with Gasteiger partial charge >= 0.3 is 5.69 Å². The van der Waals surface area contributed by atoms with E-state index in [1.807, 2.05) is 32.0 Å². The zero-order valence-corrected chi connectivity index (χ0v) is 12.0. The van der Waals surface area contributed by atoms with Crippen molar-refractivity contribution in [2.45, 2.75) is 13.8 Å². The SMILES string of the molecule is Cc1ccc(N(C)c2ncnc(NN)c2[N+](=O)[O-])c(C)c1. The van der Waals surface area contributed by atoms with Gasteiger partial charge in [0, 0.05) is 12.7 Å². The van der Waals surface area contributed by atoms with Crippen molar-refractivity contribution in [3.63, 3.8) is 0 Å². The third-order valence-electron chi connectivity index (χ3n) is 3.15. The standard InChI is InChI=1S/C13H16N6O2/c1-8-4-5-10(9(2)6-8)18(3)13-11(19(20)21)12(17-14)15-7-16-13/h4-7H,14H2,1-3H3,(H,15,16,17). The summed E-state index contributed by atoms with van der Waals surface area (Å²) in [5, 5.41) is 11.3. The van der Waals surface area contributed by atoms with E-state index in [1.165, 1.54) is 6.33 Å². The molecule has 8 heteroatoms. The topological polar surface area (TPSA) is 110 Å². The van der Waals surface area contributed by atoms with Gasteiger partial charge < -0.3 is 10.3 Å². The van der Waals surface area contributed by atoms with E-state index in [-0.39, 0.29) is 17.3 Å². The third-order valence-corrected chi connectivity index (χ3v) is 3.15. The minimum Gasteiger partial charge on any atom is -0.323 e. The lowest BCUT2D eigenvalue weighted by atomic mass is 10.1. The summed E-state index contributed by atoms with van der Waals surface area (Å²) >= 11 is 0. The summed E-state index contributed by atoms with van der Waals surface area (Å²) in [6, 6.07) is 5.83. The summed E-state index contributed by atoms with van der Waals surface area (Å²) in [5.74, 6) is 5.43. The van der Waals surface area contributed by atoms with Gasteiger partial charge in [0.05, 0.1) is 4.92 Å². The lowest BCUT2D eigenvalue weighted by Crippen LogP contribution is -2.18. The van der Waals surface area contributed by atoms with Crippen LogP contribution in [0.5, 0.6) is 0 Å². The number of nitro groups is 1. The van der Waals surface area contributed by atoms with E-state index in [1.54, 1.807) is 11.9 Å². The quantitative estimate of drug-likeness (QED) is 0.503. The summed E-state index contributed by atoms with van der Waals surface area (Å²) in [4.78, 5) is 20.2. The van der Waals surface area contributed by atoms with Crippen LogP contribution in [0, 0.1) is 24.0 Å². The Morgan fingerprint density at radius 1 is 1.33 bits per heavy atom. The largest absolute Gasteiger partial charge is 0.355 e. The normalized spacial score (nSPS) is 10.3. The summed E-state index contributed by atoms with van der Waals surface area (Å²) < 4.78 is 0. The molecule has 21 heavy (non-hydrogen) atoms. The third kappa shape index (κ3) is 2.75. The van der Waals surface area contributed by atoms with Crippen molar-refractivity contribution in [2.24, 2.45) is 5.84 Å². The molecule has 0 unspecified atom stereocenters. The zero-order valence-electron chi connectivity index (χ0n) is 12.0. The fraction of sp³-hybridized carbons (Fsp3) is 0.231. The first-order chi connectivity index (χ1) is 9.95. The number of hydrogen-bond donors (Lipinski definition) is 2. The molecular weight excluding hydrogens is 272 g/mol. The number of rotatable bonds is 4. The maximum Gasteiger partial charge on any atom is 0.355 e. The molecule has 2 aromatic rings. The molecule has 0 spiro atoms. The van der Waals surface area contributed by atoms with Crippen LogP contribution in [0.4, 0.5) is 23.0 Å². The van der Waals surface area contributed by atoms with Crippen molar-refractivity contribution in [1.29, 1.82) is 0 Å². The molecule has 8 nitrogen and oxygen atoms in total. The van der Waals surface area contributed by atoms with Gasteiger partial charge in [-0.25, -0.2) is 15.8 Å². The van der Waals surface area contributed by atoms with E-state index in [4.69, 9.17) is 5.84 Å². The fourth-order valence-electron chi connectivity index (χ4n) is 2.18. The van der Waals surface area contributed by atoms with Gasteiger partial charge in [-0.15, -0.1) is 0 Å². The lowest BCUT2D eigenvalue weighted by Gasteiger charge is -2.20. The van der Waals surface area contributed by atoms with Crippen molar-refractivity contribution in [1.82, 2.24) is 9.97 Å². The van der Waals surface area contributed by atoms with Gasteiger partial charge in [0.2, 0.25) is 11.6 Å². The van der Waals surface area contributed by atoms with Crippen molar-refractivity contribution >= 4 is 23.0 Å². The first-order valence-corrected chi connectivity index (χ1v) is 6.22. The first kappa shape index (κ1) is 14.7. The Hall–Kier alpha value is -2.74. The monoisotopic (exact) mass is 288 g/mol. The molecule has 1 heterocycles. The molecule has 0 aliphatic heterocycles. The van der Waals surface area contributed by atoms with Crippen LogP contribution in [-0.2, 0) is 0 Å². The predicted octanol–water partition coefficient (Wildman–Crippen LogP) is 2.06. The minimum atomic E-state index is -0.551. The zero-order chi connectivity index (χ0) is 15.6. The number of aromatic nitrogens is 2. The van der Waals surface area contributed by atoms with Gasteiger partial charge in [0.1, 0.15) is 6.33 Å². The molecule has 2 rings (SSSR count). The molecule has 0 radical (unpaired) electrons. The first-order valence-electron chi connectivity index (χ1n) is 6.22. The summed E-state index contributed by atoms with van der Waals surface area (Å²) in [7, 11) is 1.72. The van der Waals surface area contributed by atoms with Gasteiger partial charge in [-0.2, -0.15) is 0 Å². The second-order valence-electron chi connectivity index (χ2n) is 4.64. The summed E-state index contributed by atoms with van der Waals surface area (Å²) in [5.41, 5.74) is 4.90. The molecule has 0 bridgehead atoms. The van der Waals surface area contributed by atoms with E-state index < -0.39 is 4.92 Å². The molecule has 0 aliphatic rings. The Balaban J connectivity index is 2.58. The Morgan fingerprint density at radius 2 is 2.05 bits per heavy atom. The summed E-state index contributed by atoms with van der Waals surface area (Å²) in [6.45, 7) is 3.92. The Kier molecular flexibility index (Phi) is 3.99. The Labute approximate surface area is 121 Å². The van der Waals surface area contributed by atoms with Crippen LogP contribution in [0.25, 0.3) is 0 Å². The Morgan fingerprint density at radius 3 is 2.62 bits per heavy atom. The van der Waals surface area contributed by atoms with Gasteiger partial charge in [-0.05, 0) is 25.5 Å². The smallest absolute Gasteiger partial charge is 0.323 e. The van der Waals surface area contributed by atoms with Crippen LogP contribution in [-0.4, -0.2) is 21.9 Å². The van der Waals surface area contributed by atoms with Gasteiger partial charge in [0.15, 0.2) is 0 Å². The number of nitrogens with zero attached hydrogens (tertiary/aromatic N) is 4. The van der Waals surface area contributed by atoms with E-state index in [2.05, 4.69) is 15.4 Å². The number of aryl methyl sites for hydroxylation is 2. The predicted molar refractivity (Wildman–Crippen MR) is 80.5 cm³/mol. The fourth-order valence-corrected chi connectivity index (χ4v) is 2.18. The highest BCUT2D eigenvalue weighted by molar-refractivity contribution is 5.76. The number of hydrogen-bond acceptors (Lipinski definition) is 7. The highest BCUT2D eigenvalue weighted by Gasteiger charge is 2.26.